The summed E-state index contributed by atoms with van der Waals surface area (Å²) in [4.78, 5) is 15.1. The van der Waals surface area contributed by atoms with E-state index in [0.29, 0.717) is 12.1 Å². The first kappa shape index (κ1) is 12.1. The van der Waals surface area contributed by atoms with E-state index in [-0.39, 0.29) is 21.9 Å². The van der Waals surface area contributed by atoms with Crippen molar-refractivity contribution >= 4 is 40.6 Å². The van der Waals surface area contributed by atoms with Crippen LogP contribution in [0, 0.1) is 0 Å². The molecule has 0 saturated heterocycles. The maximum absolute atomic E-state index is 11.3. The normalized spacial score (nSPS) is 10.1. The van der Waals surface area contributed by atoms with Gasteiger partial charge in [-0.1, -0.05) is 30.1 Å². The highest BCUT2D eigenvalue weighted by Crippen LogP contribution is 2.26. The second kappa shape index (κ2) is 5.19. The molecule has 0 fully saturated rings. The molecule has 0 aliphatic heterocycles. The van der Waals surface area contributed by atoms with Gasteiger partial charge < -0.3 is 11.1 Å². The molecule has 1 aromatic rings. The van der Waals surface area contributed by atoms with Crippen molar-refractivity contribution in [3.05, 3.63) is 16.2 Å². The first-order chi connectivity index (χ1) is 7.04. The van der Waals surface area contributed by atoms with Crippen LogP contribution in [0.2, 0.25) is 10.2 Å². The molecule has 1 rings (SSSR count). The minimum absolute atomic E-state index is 0.123. The molecule has 0 saturated carbocycles. The van der Waals surface area contributed by atoms with Gasteiger partial charge in [0.05, 0.1) is 10.7 Å². The van der Waals surface area contributed by atoms with Crippen LogP contribution in [0.5, 0.6) is 0 Å². The lowest BCUT2D eigenvalue weighted by atomic mass is 10.3. The predicted molar refractivity (Wildman–Crippen MR) is 62.2 cm³/mol. The monoisotopic (exact) mass is 247 g/mol. The molecule has 1 aromatic heterocycles. The highest BCUT2D eigenvalue weighted by Gasteiger charge is 2.09. The van der Waals surface area contributed by atoms with Gasteiger partial charge >= 0.3 is 0 Å². The maximum Gasteiger partial charge on any atom is 0.225 e. The van der Waals surface area contributed by atoms with E-state index in [2.05, 4.69) is 10.3 Å². The Kier molecular flexibility index (Phi) is 4.17. The van der Waals surface area contributed by atoms with Crippen molar-refractivity contribution < 1.29 is 4.79 Å². The van der Waals surface area contributed by atoms with Crippen molar-refractivity contribution in [3.8, 4) is 0 Å². The third-order valence-electron chi connectivity index (χ3n) is 1.70. The molecular formula is C9H11Cl2N3O. The average molecular weight is 248 g/mol. The number of hydrogen-bond donors (Lipinski definition) is 2. The molecule has 0 unspecified atom stereocenters. The second-order valence-corrected chi connectivity index (χ2v) is 3.76. The number of nitrogen functional groups attached to an aromatic ring is 1. The first-order valence-electron chi connectivity index (χ1n) is 4.46. The van der Waals surface area contributed by atoms with Gasteiger partial charge in [0.2, 0.25) is 5.91 Å². The molecule has 0 atom stereocenters. The quantitative estimate of drug-likeness (QED) is 0.808. The molecule has 4 nitrogen and oxygen atoms in total. The summed E-state index contributed by atoms with van der Waals surface area (Å²) in [7, 11) is 0. The van der Waals surface area contributed by atoms with Gasteiger partial charge in [-0.3, -0.25) is 4.79 Å². The van der Waals surface area contributed by atoms with Crippen molar-refractivity contribution in [1.82, 2.24) is 4.98 Å². The van der Waals surface area contributed by atoms with Gasteiger partial charge in [-0.05, 0) is 12.5 Å². The summed E-state index contributed by atoms with van der Waals surface area (Å²) in [5.41, 5.74) is 5.91. The minimum atomic E-state index is -0.143. The molecule has 0 aliphatic carbocycles. The Morgan fingerprint density at radius 3 is 2.87 bits per heavy atom. The third-order valence-corrected chi connectivity index (χ3v) is 2.37. The summed E-state index contributed by atoms with van der Waals surface area (Å²) in [6, 6.07) is 1.46. The number of halogens is 2. The molecule has 15 heavy (non-hydrogen) atoms. The number of pyridine rings is 1. The van der Waals surface area contributed by atoms with E-state index in [4.69, 9.17) is 28.9 Å². The lowest BCUT2D eigenvalue weighted by Gasteiger charge is -2.07. The lowest BCUT2D eigenvalue weighted by Crippen LogP contribution is -2.13. The molecule has 0 spiro atoms. The van der Waals surface area contributed by atoms with Gasteiger partial charge in [0.15, 0.2) is 5.82 Å². The summed E-state index contributed by atoms with van der Waals surface area (Å²) >= 11 is 11.4. The fraction of sp³-hybridized carbons (Fsp3) is 0.333. The topological polar surface area (TPSA) is 68.0 Å². The zero-order valence-electron chi connectivity index (χ0n) is 8.18. The first-order valence-corrected chi connectivity index (χ1v) is 5.21. The Morgan fingerprint density at radius 1 is 1.60 bits per heavy atom. The molecule has 0 bridgehead atoms. The number of carbonyl (C=O) groups excluding carboxylic acids is 1. The van der Waals surface area contributed by atoms with E-state index in [9.17, 15) is 4.79 Å². The minimum Gasteiger partial charge on any atom is -0.396 e. The number of anilines is 2. The SMILES string of the molecule is CCCC(=O)Nc1nc(Cl)c(Cl)cc1N. The highest BCUT2D eigenvalue weighted by atomic mass is 35.5. The Balaban J connectivity index is 2.86. The summed E-state index contributed by atoms with van der Waals surface area (Å²) < 4.78 is 0. The number of carbonyl (C=O) groups is 1. The van der Waals surface area contributed by atoms with Crippen molar-refractivity contribution in [2.24, 2.45) is 0 Å². The molecule has 3 N–H and O–H groups in total. The Labute approximate surface area is 97.8 Å². The van der Waals surface area contributed by atoms with Gasteiger partial charge in [-0.15, -0.1) is 0 Å². The summed E-state index contributed by atoms with van der Waals surface area (Å²) in [5.74, 6) is 0.109. The van der Waals surface area contributed by atoms with E-state index < -0.39 is 0 Å². The predicted octanol–water partition coefficient (Wildman–Crippen LogP) is 2.71. The molecule has 0 radical (unpaired) electrons. The van der Waals surface area contributed by atoms with Crippen molar-refractivity contribution in [2.75, 3.05) is 11.1 Å². The molecular weight excluding hydrogens is 237 g/mol. The standard InChI is InChI=1S/C9H11Cl2N3O/c1-2-3-7(15)13-9-6(12)4-5(10)8(11)14-9/h4H,2-3,12H2,1H3,(H,13,14,15). The van der Waals surface area contributed by atoms with Crippen molar-refractivity contribution in [2.45, 2.75) is 19.8 Å². The summed E-state index contributed by atoms with van der Waals surface area (Å²) in [5, 5.41) is 2.95. The third kappa shape index (κ3) is 3.25. The van der Waals surface area contributed by atoms with Gasteiger partial charge in [-0.25, -0.2) is 4.98 Å². The van der Waals surface area contributed by atoms with Crippen LogP contribution >= 0.6 is 23.2 Å². The van der Waals surface area contributed by atoms with Gasteiger partial charge in [-0.2, -0.15) is 0 Å². The molecule has 82 valence electrons. The number of nitrogens with one attached hydrogen (secondary N) is 1. The number of amides is 1. The maximum atomic E-state index is 11.3. The van der Waals surface area contributed by atoms with Crippen LogP contribution < -0.4 is 11.1 Å². The molecule has 1 heterocycles. The summed E-state index contributed by atoms with van der Waals surface area (Å²) in [6.45, 7) is 1.91. The number of aromatic nitrogens is 1. The zero-order chi connectivity index (χ0) is 11.4. The van der Waals surface area contributed by atoms with Gasteiger partial charge in [0.1, 0.15) is 5.15 Å². The van der Waals surface area contributed by atoms with Gasteiger partial charge in [0.25, 0.3) is 0 Å². The zero-order valence-corrected chi connectivity index (χ0v) is 9.69. The fourth-order valence-electron chi connectivity index (χ4n) is 1.00. The van der Waals surface area contributed by atoms with E-state index in [1.807, 2.05) is 6.92 Å². The smallest absolute Gasteiger partial charge is 0.225 e. The molecule has 0 aromatic carbocycles. The second-order valence-electron chi connectivity index (χ2n) is 3.00. The summed E-state index contributed by atoms with van der Waals surface area (Å²) in [6.07, 6.45) is 1.18. The number of nitrogens with two attached hydrogens (primary N) is 1. The molecule has 1 amide bonds. The Morgan fingerprint density at radius 2 is 2.27 bits per heavy atom. The highest BCUT2D eigenvalue weighted by molar-refractivity contribution is 6.41. The largest absolute Gasteiger partial charge is 0.396 e. The number of hydrogen-bond acceptors (Lipinski definition) is 3. The van der Waals surface area contributed by atoms with Gasteiger partial charge in [0, 0.05) is 6.42 Å². The molecule has 0 aliphatic rings. The van der Waals surface area contributed by atoms with Crippen LogP contribution in [0.15, 0.2) is 6.07 Å². The van der Waals surface area contributed by atoms with Crippen LogP contribution in [0.3, 0.4) is 0 Å². The van der Waals surface area contributed by atoms with Crippen LogP contribution in [0.4, 0.5) is 11.5 Å². The Hall–Kier alpha value is -1.00. The van der Waals surface area contributed by atoms with Crippen molar-refractivity contribution in [3.63, 3.8) is 0 Å². The van der Waals surface area contributed by atoms with Crippen LogP contribution in [-0.2, 0) is 4.79 Å². The van der Waals surface area contributed by atoms with E-state index >= 15 is 0 Å². The number of nitrogens with zero attached hydrogens (tertiary/aromatic N) is 1. The van der Waals surface area contributed by atoms with E-state index in [1.54, 1.807) is 0 Å². The van der Waals surface area contributed by atoms with Crippen molar-refractivity contribution in [1.29, 1.82) is 0 Å². The average Bonchev–Trinajstić information content (AvgIpc) is 2.14. The van der Waals surface area contributed by atoms with Crippen LogP contribution in [0.1, 0.15) is 19.8 Å². The Bertz CT molecular complexity index is 382. The number of rotatable bonds is 3. The van der Waals surface area contributed by atoms with E-state index in [1.165, 1.54) is 6.07 Å². The lowest BCUT2D eigenvalue weighted by molar-refractivity contribution is -0.116. The molecule has 6 heteroatoms. The van der Waals surface area contributed by atoms with Crippen LogP contribution in [0.25, 0.3) is 0 Å². The fourth-order valence-corrected chi connectivity index (χ4v) is 1.30. The van der Waals surface area contributed by atoms with Crippen LogP contribution in [-0.4, -0.2) is 10.9 Å². The van der Waals surface area contributed by atoms with E-state index in [0.717, 1.165) is 6.42 Å².